The van der Waals surface area contributed by atoms with Crippen LogP contribution in [0.5, 0.6) is 0 Å². The van der Waals surface area contributed by atoms with E-state index in [1.807, 2.05) is 14.1 Å². The maximum atomic E-state index is 11.8. The van der Waals surface area contributed by atoms with Gasteiger partial charge in [-0.2, -0.15) is 0 Å². The van der Waals surface area contributed by atoms with E-state index in [0.29, 0.717) is 38.8 Å². The zero-order valence-electron chi connectivity index (χ0n) is 25.3. The van der Waals surface area contributed by atoms with Crippen molar-refractivity contribution in [3.63, 3.8) is 0 Å². The Morgan fingerprint density at radius 1 is 0.692 bits per heavy atom. The van der Waals surface area contributed by atoms with Gasteiger partial charge in [0, 0.05) is 44.8 Å². The molecule has 1 unspecified atom stereocenters. The van der Waals surface area contributed by atoms with Crippen LogP contribution in [0.2, 0.25) is 0 Å². The van der Waals surface area contributed by atoms with Crippen molar-refractivity contribution in [2.75, 3.05) is 47.3 Å². The fourth-order valence-corrected chi connectivity index (χ4v) is 5.25. The maximum absolute atomic E-state index is 11.8. The smallest absolute Gasteiger partial charge is 0.748 e. The van der Waals surface area contributed by atoms with Gasteiger partial charge in [0.25, 0.3) is 0 Å². The number of rotatable bonds is 26. The number of nitrogens with zero attached hydrogens (tertiary/aromatic N) is 2. The van der Waals surface area contributed by atoms with E-state index in [-0.39, 0.29) is 41.4 Å². The number of amides is 2. The minimum absolute atomic E-state index is 0. The molecule has 4 N–H and O–H groups in total. The molecule has 0 spiro atoms. The first-order chi connectivity index (χ1) is 18.0. The molecule has 0 aliphatic carbocycles. The van der Waals surface area contributed by atoms with E-state index in [1.165, 1.54) is 0 Å². The van der Waals surface area contributed by atoms with E-state index in [1.54, 1.807) is 12.1 Å². The van der Waals surface area contributed by atoms with Crippen LogP contribution < -0.4 is 46.0 Å². The zero-order valence-corrected chi connectivity index (χ0v) is 28.2. The van der Waals surface area contributed by atoms with Crippen LogP contribution in [0, 0.1) is 0 Å². The molecule has 226 valence electrons. The minimum atomic E-state index is -4.28. The number of carbonyl (C=O) groups is 2. The molecule has 10 nitrogen and oxygen atoms in total. The normalized spacial score (nSPS) is 12.4. The standard InChI is InChI=1S/C27H57N5O5S.Na/c1-31(2)23-15-21-29-26(33)19-13-9-5-4-7-11-17-25(38(35,36)37)18-12-8-6-10-14-20-27(34)30-22-16-24-32(3)28;/h25H,4-24,28H2,1-3H3,(H,29,33)(H,30,34)(H,35,36,37);/q;+1/p-1. The van der Waals surface area contributed by atoms with Gasteiger partial charge in [0.1, 0.15) is 0 Å². The Morgan fingerprint density at radius 2 is 1.08 bits per heavy atom. The first-order valence-electron chi connectivity index (χ1n) is 14.6. The number of hydrogen-bond donors (Lipinski definition) is 3. The van der Waals surface area contributed by atoms with Gasteiger partial charge in [0.2, 0.25) is 11.8 Å². The number of hydrazine groups is 1. The van der Waals surface area contributed by atoms with E-state index < -0.39 is 15.4 Å². The second-order valence-electron chi connectivity index (χ2n) is 10.8. The molecule has 0 fully saturated rings. The molecule has 0 saturated heterocycles. The van der Waals surface area contributed by atoms with Gasteiger partial charge in [-0.1, -0.05) is 57.8 Å². The average molecular weight is 586 g/mol. The molecular formula is C27H56N5NaO5S. The van der Waals surface area contributed by atoms with Gasteiger partial charge < -0.3 is 20.1 Å². The van der Waals surface area contributed by atoms with Gasteiger partial charge in [-0.25, -0.2) is 8.42 Å². The molecule has 0 aromatic heterocycles. The van der Waals surface area contributed by atoms with Crippen molar-refractivity contribution in [3.8, 4) is 0 Å². The van der Waals surface area contributed by atoms with Crippen molar-refractivity contribution in [2.24, 2.45) is 5.84 Å². The molecule has 0 radical (unpaired) electrons. The Morgan fingerprint density at radius 3 is 1.46 bits per heavy atom. The van der Waals surface area contributed by atoms with Crippen LogP contribution in [-0.4, -0.2) is 87.3 Å². The second kappa shape index (κ2) is 26.6. The van der Waals surface area contributed by atoms with Gasteiger partial charge in [-0.15, -0.1) is 0 Å². The predicted molar refractivity (Wildman–Crippen MR) is 153 cm³/mol. The zero-order chi connectivity index (χ0) is 28.7. The van der Waals surface area contributed by atoms with E-state index in [4.69, 9.17) is 5.84 Å². The molecule has 0 aromatic rings. The Kier molecular flexibility index (Phi) is 27.9. The third kappa shape index (κ3) is 29.0. The van der Waals surface area contributed by atoms with E-state index >= 15 is 0 Å². The molecule has 0 aromatic carbocycles. The van der Waals surface area contributed by atoms with Crippen molar-refractivity contribution in [1.29, 1.82) is 0 Å². The molecule has 0 aliphatic heterocycles. The number of nitrogens with one attached hydrogen (secondary N) is 2. The van der Waals surface area contributed by atoms with Crippen molar-refractivity contribution in [3.05, 3.63) is 0 Å². The number of hydrogen-bond acceptors (Lipinski definition) is 8. The molecule has 0 bridgehead atoms. The van der Waals surface area contributed by atoms with Crippen LogP contribution in [0.25, 0.3) is 0 Å². The maximum Gasteiger partial charge on any atom is 1.00 e. The first-order valence-corrected chi connectivity index (χ1v) is 16.1. The summed E-state index contributed by atoms with van der Waals surface area (Å²) in [5.41, 5.74) is 0. The van der Waals surface area contributed by atoms with Gasteiger partial charge in [0.15, 0.2) is 0 Å². The fourth-order valence-electron chi connectivity index (χ4n) is 4.34. The summed E-state index contributed by atoms with van der Waals surface area (Å²) in [6.07, 6.45) is 13.5. The van der Waals surface area contributed by atoms with Gasteiger partial charge in [0.05, 0.1) is 10.1 Å². The van der Waals surface area contributed by atoms with Crippen LogP contribution in [0.4, 0.5) is 0 Å². The molecule has 1 atom stereocenters. The van der Waals surface area contributed by atoms with Crippen molar-refractivity contribution in [1.82, 2.24) is 20.5 Å². The Hall–Kier alpha value is -0.270. The van der Waals surface area contributed by atoms with Crippen molar-refractivity contribution >= 4 is 21.9 Å². The predicted octanol–water partition coefficient (Wildman–Crippen LogP) is 0.135. The van der Waals surface area contributed by atoms with E-state index in [9.17, 15) is 22.6 Å². The SMILES string of the molecule is CN(C)CCCNC(=O)CCCCCCCCC(CCCCCCCC(=O)NCCCN(C)N)S(=O)(=O)[O-].[Na+]. The summed E-state index contributed by atoms with van der Waals surface area (Å²) in [6, 6.07) is 0. The summed E-state index contributed by atoms with van der Waals surface area (Å²) in [5, 5.41) is 6.64. The van der Waals surface area contributed by atoms with Crippen LogP contribution in [0.1, 0.15) is 109 Å². The monoisotopic (exact) mass is 585 g/mol. The molecule has 0 rings (SSSR count). The summed E-state index contributed by atoms with van der Waals surface area (Å²) in [4.78, 5) is 25.7. The molecule has 12 heteroatoms. The van der Waals surface area contributed by atoms with Crippen LogP contribution >= 0.6 is 0 Å². The third-order valence-corrected chi connectivity index (χ3v) is 7.92. The molecule has 2 amide bonds. The van der Waals surface area contributed by atoms with Gasteiger partial charge >= 0.3 is 29.6 Å². The first kappa shape index (κ1) is 40.9. The Labute approximate surface area is 261 Å². The largest absolute Gasteiger partial charge is 1.00 e. The van der Waals surface area contributed by atoms with Gasteiger partial charge in [-0.05, 0) is 59.2 Å². The van der Waals surface area contributed by atoms with Crippen LogP contribution in [0.15, 0.2) is 0 Å². The molecule has 39 heavy (non-hydrogen) atoms. The van der Waals surface area contributed by atoms with E-state index in [2.05, 4.69) is 15.5 Å². The van der Waals surface area contributed by atoms with Crippen molar-refractivity contribution in [2.45, 2.75) is 114 Å². The van der Waals surface area contributed by atoms with Crippen LogP contribution in [-0.2, 0) is 19.7 Å². The number of carbonyl (C=O) groups excluding carboxylic acids is 2. The topological polar surface area (TPSA) is 148 Å². The molecule has 0 saturated carbocycles. The van der Waals surface area contributed by atoms with Crippen LogP contribution in [0.3, 0.4) is 0 Å². The van der Waals surface area contributed by atoms with Gasteiger partial charge in [-0.3, -0.25) is 20.4 Å². The molecule has 0 heterocycles. The summed E-state index contributed by atoms with van der Waals surface area (Å²) < 4.78 is 35.0. The quantitative estimate of drug-likeness (QED) is 0.0427. The molecular weight excluding hydrogens is 529 g/mol. The third-order valence-electron chi connectivity index (χ3n) is 6.63. The van der Waals surface area contributed by atoms with E-state index in [0.717, 1.165) is 96.6 Å². The Bertz CT molecular complexity index is 711. The summed E-state index contributed by atoms with van der Waals surface area (Å²) in [6.45, 7) is 3.04. The summed E-state index contributed by atoms with van der Waals surface area (Å²) in [5.74, 6) is 5.69. The fraction of sp³-hybridized carbons (Fsp3) is 0.926. The summed E-state index contributed by atoms with van der Waals surface area (Å²) >= 11 is 0. The molecule has 0 aliphatic rings. The van der Waals surface area contributed by atoms with Crippen molar-refractivity contribution < 1.29 is 52.1 Å². The average Bonchev–Trinajstić information content (AvgIpc) is 2.83. The minimum Gasteiger partial charge on any atom is -0.748 e. The summed E-state index contributed by atoms with van der Waals surface area (Å²) in [7, 11) is 1.55. The number of nitrogens with two attached hydrogens (primary N) is 1. The Balaban J connectivity index is 0. The second-order valence-corrected chi connectivity index (χ2v) is 12.4. The number of unbranched alkanes of at least 4 members (excludes halogenated alkanes) is 9.